The minimum atomic E-state index is 0.784. The first-order valence-corrected chi connectivity index (χ1v) is 5.04. The van der Waals surface area contributed by atoms with E-state index in [1.165, 1.54) is 25.9 Å². The molecule has 0 aromatic rings. The molecule has 0 aromatic heterocycles. The number of hydrogen-bond donors (Lipinski definition) is 1. The number of rotatable bonds is 2. The predicted molar refractivity (Wildman–Crippen MR) is 45.4 cm³/mol. The number of hydrogen-bond acceptors (Lipinski definition) is 1. The zero-order chi connectivity index (χ0) is 7.53. The quantitative estimate of drug-likeness (QED) is 0.634. The second-order valence-electron chi connectivity index (χ2n) is 4.90. The molecule has 1 N–H and O–H groups in total. The van der Waals surface area contributed by atoms with Crippen LogP contribution in [0.4, 0.5) is 0 Å². The summed E-state index contributed by atoms with van der Waals surface area (Å²) < 4.78 is 0. The fraction of sp³-hybridized carbons (Fsp3) is 1.00. The van der Waals surface area contributed by atoms with E-state index in [1.807, 2.05) is 0 Å². The summed E-state index contributed by atoms with van der Waals surface area (Å²) in [5.74, 6) is 1.14. The maximum atomic E-state index is 3.59. The Morgan fingerprint density at radius 3 is 2.91 bits per heavy atom. The van der Waals surface area contributed by atoms with Gasteiger partial charge in [0.2, 0.25) is 0 Å². The van der Waals surface area contributed by atoms with Crippen molar-refractivity contribution in [3.63, 3.8) is 0 Å². The lowest BCUT2D eigenvalue weighted by Crippen LogP contribution is -2.41. The van der Waals surface area contributed by atoms with Crippen molar-refractivity contribution in [3.8, 4) is 0 Å². The lowest BCUT2D eigenvalue weighted by atomic mass is 9.59. The maximum absolute atomic E-state index is 3.59. The summed E-state index contributed by atoms with van der Waals surface area (Å²) in [5, 5.41) is 3.59. The van der Waals surface area contributed by atoms with Crippen LogP contribution in [-0.4, -0.2) is 13.1 Å². The van der Waals surface area contributed by atoms with E-state index < -0.39 is 0 Å². The standard InChI is InChI=1S/C10H17N/c1-2-3-9-4-8-5-10(8,9)7-11-6-9/h8,11H,2-7H2,1H3. The Hall–Kier alpha value is -0.0400. The molecule has 3 rings (SSSR count). The van der Waals surface area contributed by atoms with Crippen molar-refractivity contribution in [1.82, 2.24) is 5.32 Å². The van der Waals surface area contributed by atoms with E-state index in [-0.39, 0.29) is 0 Å². The SMILES string of the molecule is CCCC12CNCC13CC3C2. The summed E-state index contributed by atoms with van der Waals surface area (Å²) in [6.07, 6.45) is 5.97. The van der Waals surface area contributed by atoms with Crippen LogP contribution < -0.4 is 5.32 Å². The summed E-state index contributed by atoms with van der Waals surface area (Å²) in [5.41, 5.74) is 1.62. The van der Waals surface area contributed by atoms with Gasteiger partial charge >= 0.3 is 0 Å². The van der Waals surface area contributed by atoms with Gasteiger partial charge in [-0.1, -0.05) is 13.3 Å². The van der Waals surface area contributed by atoms with Crippen LogP contribution in [0.3, 0.4) is 0 Å². The molecule has 1 heterocycles. The molecule has 3 fully saturated rings. The molecule has 1 aliphatic heterocycles. The smallest absolute Gasteiger partial charge is 0.00166 e. The van der Waals surface area contributed by atoms with Crippen LogP contribution in [0.1, 0.15) is 32.6 Å². The fourth-order valence-electron chi connectivity index (χ4n) is 3.94. The molecule has 62 valence electrons. The molecule has 0 aromatic carbocycles. The fourth-order valence-corrected chi connectivity index (χ4v) is 3.94. The van der Waals surface area contributed by atoms with E-state index in [9.17, 15) is 0 Å². The first kappa shape index (κ1) is 6.47. The van der Waals surface area contributed by atoms with Gasteiger partial charge in [-0.3, -0.25) is 0 Å². The van der Waals surface area contributed by atoms with Crippen molar-refractivity contribution in [3.05, 3.63) is 0 Å². The van der Waals surface area contributed by atoms with Crippen molar-refractivity contribution in [2.24, 2.45) is 16.7 Å². The predicted octanol–water partition coefficient (Wildman–Crippen LogP) is 1.79. The van der Waals surface area contributed by atoms with Gasteiger partial charge < -0.3 is 5.32 Å². The van der Waals surface area contributed by atoms with E-state index in [0.29, 0.717) is 0 Å². The van der Waals surface area contributed by atoms with Crippen molar-refractivity contribution < 1.29 is 0 Å². The summed E-state index contributed by atoms with van der Waals surface area (Å²) in [6, 6.07) is 0. The molecular weight excluding hydrogens is 134 g/mol. The summed E-state index contributed by atoms with van der Waals surface area (Å²) in [4.78, 5) is 0. The van der Waals surface area contributed by atoms with Gasteiger partial charge in [-0.05, 0) is 36.0 Å². The second kappa shape index (κ2) is 1.66. The minimum absolute atomic E-state index is 0.784. The van der Waals surface area contributed by atoms with Crippen LogP contribution in [0.15, 0.2) is 0 Å². The van der Waals surface area contributed by atoms with Gasteiger partial charge in [-0.15, -0.1) is 0 Å². The van der Waals surface area contributed by atoms with Crippen LogP contribution in [0, 0.1) is 16.7 Å². The highest BCUT2D eigenvalue weighted by Crippen LogP contribution is 2.80. The van der Waals surface area contributed by atoms with Crippen molar-refractivity contribution >= 4 is 0 Å². The Bertz CT molecular complexity index is 197. The van der Waals surface area contributed by atoms with Crippen LogP contribution in [-0.2, 0) is 0 Å². The Kier molecular flexibility index (Phi) is 0.976. The number of nitrogens with one attached hydrogen (secondary N) is 1. The molecule has 0 radical (unpaired) electrons. The van der Waals surface area contributed by atoms with Crippen molar-refractivity contribution in [1.29, 1.82) is 0 Å². The van der Waals surface area contributed by atoms with E-state index in [4.69, 9.17) is 0 Å². The van der Waals surface area contributed by atoms with Gasteiger partial charge in [-0.2, -0.15) is 0 Å². The molecule has 3 aliphatic rings. The first-order valence-electron chi connectivity index (χ1n) is 5.04. The molecule has 1 heteroatoms. The third kappa shape index (κ3) is 0.516. The normalized spacial score (nSPS) is 58.1. The zero-order valence-electron chi connectivity index (χ0n) is 7.32. The van der Waals surface area contributed by atoms with Gasteiger partial charge in [0, 0.05) is 13.1 Å². The topological polar surface area (TPSA) is 12.0 Å². The monoisotopic (exact) mass is 151 g/mol. The Morgan fingerprint density at radius 2 is 2.27 bits per heavy atom. The lowest BCUT2D eigenvalue weighted by Gasteiger charge is -2.44. The largest absolute Gasteiger partial charge is 0.316 e. The molecule has 3 unspecified atom stereocenters. The lowest BCUT2D eigenvalue weighted by molar-refractivity contribution is 0.0592. The Balaban J connectivity index is 1.87. The van der Waals surface area contributed by atoms with Gasteiger partial charge in [0.25, 0.3) is 0 Å². The molecule has 1 nitrogen and oxygen atoms in total. The summed E-state index contributed by atoms with van der Waals surface area (Å²) >= 11 is 0. The molecule has 0 bridgehead atoms. The molecule has 3 atom stereocenters. The molecule has 11 heavy (non-hydrogen) atoms. The van der Waals surface area contributed by atoms with Crippen LogP contribution >= 0.6 is 0 Å². The molecule has 1 spiro atoms. The molecule has 0 amide bonds. The van der Waals surface area contributed by atoms with Gasteiger partial charge in [0.15, 0.2) is 0 Å². The second-order valence-corrected chi connectivity index (χ2v) is 4.90. The molecule has 2 saturated carbocycles. The van der Waals surface area contributed by atoms with E-state index in [0.717, 1.165) is 16.7 Å². The van der Waals surface area contributed by atoms with Crippen molar-refractivity contribution in [2.75, 3.05) is 13.1 Å². The average Bonchev–Trinajstić information content (AvgIpc) is 2.42. The van der Waals surface area contributed by atoms with Crippen LogP contribution in [0.5, 0.6) is 0 Å². The first-order chi connectivity index (χ1) is 5.33. The molecule has 2 aliphatic carbocycles. The highest BCUT2D eigenvalue weighted by atomic mass is 15.0. The van der Waals surface area contributed by atoms with Crippen LogP contribution in [0.25, 0.3) is 0 Å². The van der Waals surface area contributed by atoms with Gasteiger partial charge in [-0.25, -0.2) is 0 Å². The maximum Gasteiger partial charge on any atom is 0.00166 e. The average molecular weight is 151 g/mol. The highest BCUT2D eigenvalue weighted by Gasteiger charge is 2.76. The summed E-state index contributed by atoms with van der Waals surface area (Å²) in [6.45, 7) is 5.01. The molecular formula is C10H17N. The van der Waals surface area contributed by atoms with E-state index >= 15 is 0 Å². The van der Waals surface area contributed by atoms with E-state index in [1.54, 1.807) is 12.8 Å². The Morgan fingerprint density at radius 1 is 1.36 bits per heavy atom. The van der Waals surface area contributed by atoms with Gasteiger partial charge in [0.1, 0.15) is 0 Å². The van der Waals surface area contributed by atoms with Gasteiger partial charge in [0.05, 0.1) is 0 Å². The third-order valence-electron chi connectivity index (χ3n) is 4.56. The Labute approximate surface area is 68.6 Å². The van der Waals surface area contributed by atoms with E-state index in [2.05, 4.69) is 12.2 Å². The van der Waals surface area contributed by atoms with Crippen LogP contribution in [0.2, 0.25) is 0 Å². The highest BCUT2D eigenvalue weighted by molar-refractivity contribution is 5.27. The van der Waals surface area contributed by atoms with Crippen molar-refractivity contribution in [2.45, 2.75) is 32.6 Å². The molecule has 1 saturated heterocycles. The summed E-state index contributed by atoms with van der Waals surface area (Å²) in [7, 11) is 0. The minimum Gasteiger partial charge on any atom is -0.316 e. The zero-order valence-corrected chi connectivity index (χ0v) is 7.32. The third-order valence-corrected chi connectivity index (χ3v) is 4.56.